The smallest absolute Gasteiger partial charge is 0.265 e. The second-order valence-corrected chi connectivity index (χ2v) is 3.31. The molecule has 1 aliphatic carbocycles. The molecule has 0 spiro atoms. The van der Waals surface area contributed by atoms with Crippen LogP contribution in [0.15, 0.2) is 18.2 Å². The summed E-state index contributed by atoms with van der Waals surface area (Å²) < 4.78 is 0. The summed E-state index contributed by atoms with van der Waals surface area (Å²) in [5.74, 6) is 4.84. The predicted molar refractivity (Wildman–Crippen MR) is 50.1 cm³/mol. The van der Waals surface area contributed by atoms with Gasteiger partial charge in [0.15, 0.2) is 0 Å². The number of nitrogens with two attached hydrogens (primary N) is 1. The third-order valence-electron chi connectivity index (χ3n) is 2.49. The fourth-order valence-corrected chi connectivity index (χ4v) is 1.80. The molecule has 3 nitrogen and oxygen atoms in total. The number of aryl methyl sites for hydroxylation is 2. The molecular formula is C10H12N2O. The Morgan fingerprint density at radius 3 is 2.85 bits per heavy atom. The lowest BCUT2D eigenvalue weighted by Crippen LogP contribution is -2.30. The lowest BCUT2D eigenvalue weighted by atomic mass is 10.1. The molecule has 0 aliphatic heterocycles. The molecule has 1 aromatic carbocycles. The number of fused-ring (bicyclic) bond motifs is 1. The Hall–Kier alpha value is -1.35. The predicted octanol–water partition coefficient (Wildman–Crippen LogP) is 0.779. The summed E-state index contributed by atoms with van der Waals surface area (Å²) >= 11 is 0. The van der Waals surface area contributed by atoms with Gasteiger partial charge in [-0.15, -0.1) is 0 Å². The molecular weight excluding hydrogens is 164 g/mol. The van der Waals surface area contributed by atoms with Crippen molar-refractivity contribution in [3.63, 3.8) is 0 Å². The number of nitrogens with one attached hydrogen (secondary N) is 1. The van der Waals surface area contributed by atoms with Gasteiger partial charge in [0.25, 0.3) is 5.91 Å². The van der Waals surface area contributed by atoms with Crippen molar-refractivity contribution in [3.05, 3.63) is 34.9 Å². The van der Waals surface area contributed by atoms with Gasteiger partial charge in [0.1, 0.15) is 0 Å². The molecule has 3 heteroatoms. The summed E-state index contributed by atoms with van der Waals surface area (Å²) in [6.45, 7) is 0. The highest BCUT2D eigenvalue weighted by atomic mass is 16.2. The van der Waals surface area contributed by atoms with Gasteiger partial charge in [0, 0.05) is 5.56 Å². The molecule has 68 valence electrons. The van der Waals surface area contributed by atoms with Gasteiger partial charge in [-0.1, -0.05) is 6.07 Å². The largest absolute Gasteiger partial charge is 0.290 e. The third kappa shape index (κ3) is 1.42. The van der Waals surface area contributed by atoms with E-state index in [1.54, 1.807) is 0 Å². The molecule has 0 saturated heterocycles. The number of rotatable bonds is 1. The average molecular weight is 176 g/mol. The van der Waals surface area contributed by atoms with Crippen molar-refractivity contribution in [3.8, 4) is 0 Å². The van der Waals surface area contributed by atoms with E-state index in [0.717, 1.165) is 12.8 Å². The number of nitrogen functional groups attached to an aromatic ring is 1. The van der Waals surface area contributed by atoms with E-state index in [4.69, 9.17) is 5.84 Å². The summed E-state index contributed by atoms with van der Waals surface area (Å²) in [4.78, 5) is 11.2. The van der Waals surface area contributed by atoms with Crippen LogP contribution in [0.2, 0.25) is 0 Å². The minimum atomic E-state index is -0.213. The second-order valence-electron chi connectivity index (χ2n) is 3.31. The highest BCUT2D eigenvalue weighted by Crippen LogP contribution is 2.22. The minimum absolute atomic E-state index is 0.213. The molecule has 13 heavy (non-hydrogen) atoms. The molecule has 2 rings (SSSR count). The quantitative estimate of drug-likeness (QED) is 0.377. The fourth-order valence-electron chi connectivity index (χ4n) is 1.80. The van der Waals surface area contributed by atoms with Crippen LogP contribution in [0.25, 0.3) is 0 Å². The Kier molecular flexibility index (Phi) is 2.02. The van der Waals surface area contributed by atoms with Crippen LogP contribution in [-0.4, -0.2) is 5.91 Å². The highest BCUT2D eigenvalue weighted by molar-refractivity contribution is 5.94. The molecule has 0 atom stereocenters. The number of carbonyl (C=O) groups excluding carboxylic acids is 1. The van der Waals surface area contributed by atoms with E-state index in [-0.39, 0.29) is 5.91 Å². The normalized spacial score (nSPS) is 13.9. The summed E-state index contributed by atoms with van der Waals surface area (Å²) in [5, 5.41) is 0. The summed E-state index contributed by atoms with van der Waals surface area (Å²) in [6.07, 6.45) is 3.42. The molecule has 0 aromatic heterocycles. The molecule has 3 N–H and O–H groups in total. The Bertz CT molecular complexity index is 347. The zero-order valence-corrected chi connectivity index (χ0v) is 7.34. The zero-order chi connectivity index (χ0) is 9.26. The van der Waals surface area contributed by atoms with E-state index in [0.29, 0.717) is 5.56 Å². The number of benzene rings is 1. The van der Waals surface area contributed by atoms with Gasteiger partial charge < -0.3 is 0 Å². The number of amides is 1. The SMILES string of the molecule is NNC(=O)c1ccc2c(c1)CCC2. The van der Waals surface area contributed by atoms with Gasteiger partial charge in [-0.3, -0.25) is 10.2 Å². The molecule has 0 saturated carbocycles. The van der Waals surface area contributed by atoms with Gasteiger partial charge in [0.05, 0.1) is 0 Å². The first-order valence-electron chi connectivity index (χ1n) is 4.44. The number of hydrogen-bond donors (Lipinski definition) is 2. The topological polar surface area (TPSA) is 55.1 Å². The van der Waals surface area contributed by atoms with Crippen LogP contribution in [0, 0.1) is 0 Å². The molecule has 1 amide bonds. The maximum atomic E-state index is 11.2. The van der Waals surface area contributed by atoms with Gasteiger partial charge in [-0.05, 0) is 42.5 Å². The highest BCUT2D eigenvalue weighted by Gasteiger charge is 2.12. The number of hydrogen-bond acceptors (Lipinski definition) is 2. The molecule has 0 fully saturated rings. The number of hydrazine groups is 1. The van der Waals surface area contributed by atoms with Crippen molar-refractivity contribution in [2.75, 3.05) is 0 Å². The van der Waals surface area contributed by atoms with Crippen molar-refractivity contribution in [2.45, 2.75) is 19.3 Å². The van der Waals surface area contributed by atoms with Crippen LogP contribution in [0.4, 0.5) is 0 Å². The lowest BCUT2D eigenvalue weighted by Gasteiger charge is -2.02. The summed E-state index contributed by atoms with van der Waals surface area (Å²) in [7, 11) is 0. The monoisotopic (exact) mass is 176 g/mol. The van der Waals surface area contributed by atoms with Crippen LogP contribution < -0.4 is 11.3 Å². The van der Waals surface area contributed by atoms with Gasteiger partial charge in [-0.2, -0.15) is 0 Å². The van der Waals surface area contributed by atoms with Gasteiger partial charge in [0.2, 0.25) is 0 Å². The van der Waals surface area contributed by atoms with Crippen molar-refractivity contribution in [2.24, 2.45) is 5.84 Å². The summed E-state index contributed by atoms with van der Waals surface area (Å²) in [6, 6.07) is 5.78. The minimum Gasteiger partial charge on any atom is -0.290 e. The first-order valence-corrected chi connectivity index (χ1v) is 4.44. The van der Waals surface area contributed by atoms with E-state index in [1.165, 1.54) is 17.5 Å². The van der Waals surface area contributed by atoms with E-state index >= 15 is 0 Å². The fraction of sp³-hybridized carbons (Fsp3) is 0.300. The van der Waals surface area contributed by atoms with Crippen LogP contribution in [0.3, 0.4) is 0 Å². The molecule has 1 aromatic rings. The van der Waals surface area contributed by atoms with Crippen molar-refractivity contribution in [1.29, 1.82) is 0 Å². The summed E-state index contributed by atoms with van der Waals surface area (Å²) in [5.41, 5.74) is 5.45. The van der Waals surface area contributed by atoms with Gasteiger partial charge >= 0.3 is 0 Å². The standard InChI is InChI=1S/C10H12N2O/c11-12-10(13)9-5-4-7-2-1-3-8(7)6-9/h4-6H,1-3,11H2,(H,12,13). The molecule has 0 heterocycles. The molecule has 1 aliphatic rings. The Balaban J connectivity index is 2.36. The Morgan fingerprint density at radius 2 is 2.08 bits per heavy atom. The van der Waals surface area contributed by atoms with Crippen LogP contribution in [-0.2, 0) is 12.8 Å². The van der Waals surface area contributed by atoms with E-state index in [2.05, 4.69) is 5.43 Å². The molecule has 0 bridgehead atoms. The van der Waals surface area contributed by atoms with Crippen LogP contribution in [0.5, 0.6) is 0 Å². The van der Waals surface area contributed by atoms with Crippen molar-refractivity contribution >= 4 is 5.91 Å². The first-order chi connectivity index (χ1) is 6.31. The number of carbonyl (C=O) groups is 1. The maximum absolute atomic E-state index is 11.2. The van der Waals surface area contributed by atoms with E-state index < -0.39 is 0 Å². The second kappa shape index (κ2) is 3.18. The lowest BCUT2D eigenvalue weighted by molar-refractivity contribution is 0.0953. The zero-order valence-electron chi connectivity index (χ0n) is 7.34. The maximum Gasteiger partial charge on any atom is 0.265 e. The van der Waals surface area contributed by atoms with Crippen molar-refractivity contribution in [1.82, 2.24) is 5.43 Å². The average Bonchev–Trinajstić information content (AvgIpc) is 2.63. The molecule has 0 radical (unpaired) electrons. The van der Waals surface area contributed by atoms with Crippen LogP contribution in [0.1, 0.15) is 27.9 Å². The first kappa shape index (κ1) is 8.26. The van der Waals surface area contributed by atoms with E-state index in [1.807, 2.05) is 18.2 Å². The Labute approximate surface area is 76.9 Å². The van der Waals surface area contributed by atoms with Crippen LogP contribution >= 0.6 is 0 Å². The third-order valence-corrected chi connectivity index (χ3v) is 2.49. The molecule has 0 unspecified atom stereocenters. The van der Waals surface area contributed by atoms with Crippen molar-refractivity contribution < 1.29 is 4.79 Å². The van der Waals surface area contributed by atoms with E-state index in [9.17, 15) is 4.79 Å². The van der Waals surface area contributed by atoms with Gasteiger partial charge in [-0.25, -0.2) is 5.84 Å². The Morgan fingerprint density at radius 1 is 1.31 bits per heavy atom.